The van der Waals surface area contributed by atoms with Gasteiger partial charge in [-0.25, -0.2) is 0 Å². The molecule has 2 atom stereocenters. The average molecular weight is 407 g/mol. The average Bonchev–Trinajstić information content (AvgIpc) is 2.75. The van der Waals surface area contributed by atoms with Gasteiger partial charge in [0.25, 0.3) is 0 Å². The fourth-order valence-corrected chi connectivity index (χ4v) is 4.50. The number of rotatable bonds is 8. The van der Waals surface area contributed by atoms with Crippen molar-refractivity contribution in [3.05, 3.63) is 23.8 Å². The van der Waals surface area contributed by atoms with Crippen LogP contribution in [-0.2, 0) is 20.8 Å². The highest BCUT2D eigenvalue weighted by atomic mass is 16.5. The van der Waals surface area contributed by atoms with Gasteiger partial charge in [-0.1, -0.05) is 6.07 Å². The first-order valence-corrected chi connectivity index (χ1v) is 10.7. The third kappa shape index (κ3) is 6.07. The van der Waals surface area contributed by atoms with Crippen molar-refractivity contribution in [1.29, 1.82) is 0 Å². The first-order chi connectivity index (χ1) is 14.1. The van der Waals surface area contributed by atoms with Crippen molar-refractivity contribution in [1.82, 2.24) is 9.80 Å². The van der Waals surface area contributed by atoms with Gasteiger partial charge in [-0.2, -0.15) is 0 Å². The number of piperidine rings is 1. The van der Waals surface area contributed by atoms with Gasteiger partial charge in [0.1, 0.15) is 0 Å². The summed E-state index contributed by atoms with van der Waals surface area (Å²) in [6.45, 7) is 8.72. The number of nitrogens with zero attached hydrogens (tertiary/aromatic N) is 2. The molecule has 7 heteroatoms. The van der Waals surface area contributed by atoms with Crippen LogP contribution in [-0.4, -0.2) is 80.0 Å². The fraction of sp³-hybridized carbons (Fsp3) is 0.682. The molecule has 1 aromatic rings. The van der Waals surface area contributed by atoms with E-state index in [9.17, 15) is 9.90 Å². The maximum Gasteiger partial charge on any atom is 0.305 e. The summed E-state index contributed by atoms with van der Waals surface area (Å²) >= 11 is 0. The molecular weight excluding hydrogens is 372 g/mol. The predicted molar refractivity (Wildman–Crippen MR) is 110 cm³/mol. The molecule has 162 valence electrons. The van der Waals surface area contributed by atoms with Crippen molar-refractivity contribution in [3.63, 3.8) is 0 Å². The van der Waals surface area contributed by atoms with Crippen molar-refractivity contribution in [3.8, 4) is 11.5 Å². The SMILES string of the molecule is CCOc1cc(CN2CC[C@@H](N3CCOCC3)[C@@H](CCC(=O)OC)C2)ccc1O. The van der Waals surface area contributed by atoms with E-state index in [1.54, 1.807) is 6.07 Å². The summed E-state index contributed by atoms with van der Waals surface area (Å²) in [7, 11) is 1.45. The Balaban J connectivity index is 1.65. The monoisotopic (exact) mass is 406 g/mol. The summed E-state index contributed by atoms with van der Waals surface area (Å²) in [5.41, 5.74) is 1.13. The molecule has 0 bridgehead atoms. The minimum Gasteiger partial charge on any atom is -0.504 e. The maximum atomic E-state index is 11.7. The number of phenols is 1. The van der Waals surface area contributed by atoms with E-state index in [1.165, 1.54) is 7.11 Å². The van der Waals surface area contributed by atoms with Crippen LogP contribution in [0.5, 0.6) is 11.5 Å². The molecule has 2 heterocycles. The standard InChI is InChI=1S/C22H34N2O5/c1-3-29-21-14-17(4-6-20(21)25)15-23-9-8-19(24-10-12-28-13-11-24)18(16-23)5-7-22(26)27-2/h4,6,14,18-19,25H,3,5,7-13,15-16H2,1-2H3/t18-,19+/m0/s1. The minimum absolute atomic E-state index is 0.136. The lowest BCUT2D eigenvalue weighted by Gasteiger charge is -2.45. The molecule has 3 rings (SSSR count). The fourth-order valence-electron chi connectivity index (χ4n) is 4.50. The Morgan fingerprint density at radius 1 is 1.28 bits per heavy atom. The molecule has 1 aromatic carbocycles. The first-order valence-electron chi connectivity index (χ1n) is 10.7. The molecular formula is C22H34N2O5. The number of esters is 1. The molecule has 0 spiro atoms. The van der Waals surface area contributed by atoms with Crippen molar-refractivity contribution < 1.29 is 24.1 Å². The molecule has 0 unspecified atom stereocenters. The Labute approximate surface area is 173 Å². The minimum atomic E-state index is -0.136. The zero-order chi connectivity index (χ0) is 20.6. The number of carbonyl (C=O) groups is 1. The molecule has 0 aliphatic carbocycles. The predicted octanol–water partition coefficient (Wildman–Crippen LogP) is 2.27. The van der Waals surface area contributed by atoms with Crippen molar-refractivity contribution >= 4 is 5.97 Å². The number of carbonyl (C=O) groups excluding carboxylic acids is 1. The van der Waals surface area contributed by atoms with Crippen LogP contribution in [0.2, 0.25) is 0 Å². The lowest BCUT2D eigenvalue weighted by atomic mass is 9.86. The van der Waals surface area contributed by atoms with Crippen LogP contribution < -0.4 is 4.74 Å². The topological polar surface area (TPSA) is 71.5 Å². The zero-order valence-corrected chi connectivity index (χ0v) is 17.6. The number of benzene rings is 1. The molecule has 1 N–H and O–H groups in total. The zero-order valence-electron chi connectivity index (χ0n) is 17.6. The van der Waals surface area contributed by atoms with Crippen molar-refractivity contribution in [2.45, 2.75) is 38.8 Å². The van der Waals surface area contributed by atoms with Gasteiger partial charge in [-0.15, -0.1) is 0 Å². The van der Waals surface area contributed by atoms with E-state index in [0.717, 1.165) is 64.3 Å². The molecule has 0 radical (unpaired) electrons. The number of hydrogen-bond donors (Lipinski definition) is 1. The number of hydrogen-bond acceptors (Lipinski definition) is 7. The molecule has 0 saturated carbocycles. The van der Waals surface area contributed by atoms with Crippen molar-refractivity contribution in [2.75, 3.05) is 53.1 Å². The summed E-state index contributed by atoms with van der Waals surface area (Å²) in [6.07, 6.45) is 2.39. The highest BCUT2D eigenvalue weighted by Crippen LogP contribution is 2.30. The molecule has 29 heavy (non-hydrogen) atoms. The molecule has 2 aliphatic heterocycles. The van der Waals surface area contributed by atoms with Crippen LogP contribution in [0.3, 0.4) is 0 Å². The van der Waals surface area contributed by atoms with Crippen LogP contribution in [0.1, 0.15) is 31.7 Å². The Bertz CT molecular complexity index is 663. The second kappa shape index (κ2) is 10.8. The number of phenolic OH excluding ortho intramolecular Hbond substituents is 1. The lowest BCUT2D eigenvalue weighted by molar-refractivity contribution is -0.141. The number of methoxy groups -OCH3 is 1. The van der Waals surface area contributed by atoms with Gasteiger partial charge < -0.3 is 19.3 Å². The van der Waals surface area contributed by atoms with Gasteiger partial charge in [-0.05, 0) is 49.9 Å². The van der Waals surface area contributed by atoms with E-state index in [0.29, 0.717) is 30.7 Å². The van der Waals surface area contributed by atoms with E-state index in [-0.39, 0.29) is 11.7 Å². The van der Waals surface area contributed by atoms with Crippen LogP contribution >= 0.6 is 0 Å². The maximum absolute atomic E-state index is 11.7. The molecule has 0 amide bonds. The number of ether oxygens (including phenoxy) is 3. The number of morpholine rings is 1. The second-order valence-electron chi connectivity index (χ2n) is 7.85. The van der Waals surface area contributed by atoms with Gasteiger partial charge in [-0.3, -0.25) is 14.6 Å². The van der Waals surface area contributed by atoms with E-state index in [1.807, 2.05) is 19.1 Å². The van der Waals surface area contributed by atoms with Crippen LogP contribution in [0, 0.1) is 5.92 Å². The van der Waals surface area contributed by atoms with Crippen molar-refractivity contribution in [2.24, 2.45) is 5.92 Å². The normalized spacial score (nSPS) is 23.7. The highest BCUT2D eigenvalue weighted by Gasteiger charge is 2.34. The highest BCUT2D eigenvalue weighted by molar-refractivity contribution is 5.69. The number of likely N-dealkylation sites (tertiary alicyclic amines) is 1. The molecule has 2 fully saturated rings. The summed E-state index contributed by atoms with van der Waals surface area (Å²) in [5.74, 6) is 1.00. The van der Waals surface area contributed by atoms with Gasteiger partial charge >= 0.3 is 5.97 Å². The summed E-state index contributed by atoms with van der Waals surface area (Å²) in [5, 5.41) is 9.94. The second-order valence-corrected chi connectivity index (χ2v) is 7.85. The summed E-state index contributed by atoms with van der Waals surface area (Å²) in [6, 6.07) is 6.07. The molecule has 0 aromatic heterocycles. The third-order valence-corrected chi connectivity index (χ3v) is 5.97. The quantitative estimate of drug-likeness (QED) is 0.664. The van der Waals surface area contributed by atoms with Gasteiger partial charge in [0.05, 0.1) is 26.9 Å². The van der Waals surface area contributed by atoms with Gasteiger partial charge in [0.15, 0.2) is 11.5 Å². The van der Waals surface area contributed by atoms with E-state index < -0.39 is 0 Å². The lowest BCUT2D eigenvalue weighted by Crippen LogP contribution is -2.53. The molecule has 7 nitrogen and oxygen atoms in total. The summed E-state index contributed by atoms with van der Waals surface area (Å²) < 4.78 is 15.9. The largest absolute Gasteiger partial charge is 0.504 e. The Morgan fingerprint density at radius 2 is 2.07 bits per heavy atom. The van der Waals surface area contributed by atoms with Crippen LogP contribution in [0.25, 0.3) is 0 Å². The van der Waals surface area contributed by atoms with E-state index in [2.05, 4.69) is 9.80 Å². The summed E-state index contributed by atoms with van der Waals surface area (Å²) in [4.78, 5) is 16.7. The van der Waals surface area contributed by atoms with Gasteiger partial charge in [0, 0.05) is 38.6 Å². The smallest absolute Gasteiger partial charge is 0.305 e. The number of aromatic hydroxyl groups is 1. The van der Waals surface area contributed by atoms with Crippen LogP contribution in [0.4, 0.5) is 0 Å². The first kappa shape index (κ1) is 21.9. The third-order valence-electron chi connectivity index (χ3n) is 5.97. The Kier molecular flexibility index (Phi) is 8.15. The van der Waals surface area contributed by atoms with E-state index >= 15 is 0 Å². The van der Waals surface area contributed by atoms with Crippen LogP contribution in [0.15, 0.2) is 18.2 Å². The Hall–Kier alpha value is -1.83. The van der Waals surface area contributed by atoms with Gasteiger partial charge in [0.2, 0.25) is 0 Å². The van der Waals surface area contributed by atoms with E-state index in [4.69, 9.17) is 14.2 Å². The molecule has 2 saturated heterocycles. The Morgan fingerprint density at radius 3 is 2.79 bits per heavy atom. The molecule has 2 aliphatic rings.